The Morgan fingerprint density at radius 2 is 1.73 bits per heavy atom. The first-order valence-electron chi connectivity index (χ1n) is 5.70. The Balaban J connectivity index is 2.32. The van der Waals surface area contributed by atoms with Gasteiger partial charge in [-0.05, 0) is 6.92 Å². The zero-order valence-electron chi connectivity index (χ0n) is 9.94. The number of nitrogens with zero attached hydrogens (tertiary/aromatic N) is 2. The fraction of sp³-hybridized carbons (Fsp3) is 0.909. The van der Waals surface area contributed by atoms with E-state index in [2.05, 4.69) is 4.90 Å². The van der Waals surface area contributed by atoms with E-state index in [-0.39, 0.29) is 17.9 Å². The highest BCUT2D eigenvalue weighted by Crippen LogP contribution is 2.07. The molecule has 0 bridgehead atoms. The normalized spacial score (nSPS) is 20.7. The van der Waals surface area contributed by atoms with Crippen molar-refractivity contribution in [1.29, 1.82) is 0 Å². The largest absolute Gasteiger partial charge is 0.392 e. The van der Waals surface area contributed by atoms with E-state index in [1.165, 1.54) is 0 Å². The summed E-state index contributed by atoms with van der Waals surface area (Å²) < 4.78 is 0. The molecule has 1 amide bonds. The minimum atomic E-state index is -0.280. The SMILES string of the molecule is CC(O)CN1CCN(C(=O)C(C)C)CC1. The van der Waals surface area contributed by atoms with Gasteiger partial charge in [0.2, 0.25) is 5.91 Å². The highest BCUT2D eigenvalue weighted by atomic mass is 16.3. The van der Waals surface area contributed by atoms with E-state index >= 15 is 0 Å². The summed E-state index contributed by atoms with van der Waals surface area (Å²) in [5.74, 6) is 0.333. The second-order valence-electron chi connectivity index (χ2n) is 4.63. The smallest absolute Gasteiger partial charge is 0.225 e. The first kappa shape index (κ1) is 12.5. The van der Waals surface area contributed by atoms with Crippen LogP contribution in [0.4, 0.5) is 0 Å². The van der Waals surface area contributed by atoms with Crippen LogP contribution in [0, 0.1) is 5.92 Å². The Hall–Kier alpha value is -0.610. The van der Waals surface area contributed by atoms with Gasteiger partial charge in [-0.1, -0.05) is 13.8 Å². The molecule has 1 N–H and O–H groups in total. The van der Waals surface area contributed by atoms with Gasteiger partial charge in [0, 0.05) is 38.6 Å². The Morgan fingerprint density at radius 3 is 2.13 bits per heavy atom. The molecule has 4 heteroatoms. The van der Waals surface area contributed by atoms with Gasteiger partial charge in [-0.2, -0.15) is 0 Å². The second-order valence-corrected chi connectivity index (χ2v) is 4.63. The summed E-state index contributed by atoms with van der Waals surface area (Å²) >= 11 is 0. The van der Waals surface area contributed by atoms with E-state index < -0.39 is 0 Å². The standard InChI is InChI=1S/C11H22N2O2/c1-9(2)11(15)13-6-4-12(5-7-13)8-10(3)14/h9-10,14H,4-8H2,1-3H3. The van der Waals surface area contributed by atoms with Crippen LogP contribution in [0.25, 0.3) is 0 Å². The van der Waals surface area contributed by atoms with Gasteiger partial charge in [0.1, 0.15) is 0 Å². The lowest BCUT2D eigenvalue weighted by Gasteiger charge is -2.36. The van der Waals surface area contributed by atoms with Crippen molar-refractivity contribution < 1.29 is 9.90 Å². The summed E-state index contributed by atoms with van der Waals surface area (Å²) in [4.78, 5) is 15.8. The molecule has 0 aromatic rings. The van der Waals surface area contributed by atoms with Crippen LogP contribution >= 0.6 is 0 Å². The number of aliphatic hydroxyl groups excluding tert-OH is 1. The summed E-state index contributed by atoms with van der Waals surface area (Å²) in [6, 6.07) is 0. The van der Waals surface area contributed by atoms with E-state index in [1.807, 2.05) is 18.7 Å². The maximum Gasteiger partial charge on any atom is 0.225 e. The van der Waals surface area contributed by atoms with Crippen molar-refractivity contribution in [2.24, 2.45) is 5.92 Å². The third kappa shape index (κ3) is 3.80. The van der Waals surface area contributed by atoms with E-state index in [9.17, 15) is 9.90 Å². The predicted molar refractivity (Wildman–Crippen MR) is 59.5 cm³/mol. The van der Waals surface area contributed by atoms with Gasteiger partial charge < -0.3 is 10.0 Å². The molecule has 0 aromatic heterocycles. The van der Waals surface area contributed by atoms with E-state index in [4.69, 9.17) is 0 Å². The van der Waals surface area contributed by atoms with Crippen LogP contribution in [0.3, 0.4) is 0 Å². The number of carbonyl (C=O) groups excluding carboxylic acids is 1. The topological polar surface area (TPSA) is 43.8 Å². The van der Waals surface area contributed by atoms with Crippen molar-refractivity contribution in [2.45, 2.75) is 26.9 Å². The zero-order chi connectivity index (χ0) is 11.4. The molecule has 1 atom stereocenters. The molecule has 0 aliphatic carbocycles. The van der Waals surface area contributed by atoms with Crippen LogP contribution in [0.1, 0.15) is 20.8 Å². The van der Waals surface area contributed by atoms with Gasteiger partial charge in [-0.3, -0.25) is 9.69 Å². The molecule has 0 radical (unpaired) electrons. The molecule has 0 saturated carbocycles. The monoisotopic (exact) mass is 214 g/mol. The van der Waals surface area contributed by atoms with Gasteiger partial charge in [0.15, 0.2) is 0 Å². The molecule has 1 saturated heterocycles. The summed E-state index contributed by atoms with van der Waals surface area (Å²) in [5.41, 5.74) is 0. The number of hydrogen-bond acceptors (Lipinski definition) is 3. The molecule has 1 fully saturated rings. The van der Waals surface area contributed by atoms with E-state index in [0.29, 0.717) is 6.54 Å². The lowest BCUT2D eigenvalue weighted by Crippen LogP contribution is -2.51. The lowest BCUT2D eigenvalue weighted by molar-refractivity contribution is -0.136. The van der Waals surface area contributed by atoms with Crippen LogP contribution in [-0.4, -0.2) is 59.6 Å². The predicted octanol–water partition coefficient (Wildman–Crippen LogP) is 0.167. The molecule has 88 valence electrons. The third-order valence-electron chi connectivity index (χ3n) is 2.70. The minimum Gasteiger partial charge on any atom is -0.392 e. The molecule has 1 aliphatic heterocycles. The maximum absolute atomic E-state index is 11.7. The highest BCUT2D eigenvalue weighted by Gasteiger charge is 2.22. The fourth-order valence-corrected chi connectivity index (χ4v) is 1.89. The quantitative estimate of drug-likeness (QED) is 0.728. The number of hydrogen-bond donors (Lipinski definition) is 1. The van der Waals surface area contributed by atoms with Crippen LogP contribution < -0.4 is 0 Å². The molecular formula is C11H22N2O2. The van der Waals surface area contributed by atoms with Crippen LogP contribution in [0.2, 0.25) is 0 Å². The first-order valence-corrected chi connectivity index (χ1v) is 5.70. The number of piperazine rings is 1. The summed E-state index contributed by atoms with van der Waals surface area (Å²) in [6.45, 7) is 9.73. The Bertz CT molecular complexity index is 209. The van der Waals surface area contributed by atoms with Gasteiger partial charge >= 0.3 is 0 Å². The van der Waals surface area contributed by atoms with Crippen molar-refractivity contribution in [3.63, 3.8) is 0 Å². The van der Waals surface area contributed by atoms with Crippen LogP contribution in [0.5, 0.6) is 0 Å². The van der Waals surface area contributed by atoms with Crippen molar-refractivity contribution in [3.05, 3.63) is 0 Å². The summed E-state index contributed by atoms with van der Waals surface area (Å²) in [7, 11) is 0. The molecule has 1 aliphatic rings. The molecule has 0 aromatic carbocycles. The number of rotatable bonds is 3. The molecule has 4 nitrogen and oxygen atoms in total. The van der Waals surface area contributed by atoms with E-state index in [1.54, 1.807) is 6.92 Å². The Labute approximate surface area is 91.9 Å². The molecule has 0 spiro atoms. The second kappa shape index (κ2) is 5.47. The van der Waals surface area contributed by atoms with Crippen molar-refractivity contribution >= 4 is 5.91 Å². The molecule has 1 heterocycles. The number of β-amino-alcohol motifs (C(OH)–C–C–N with tert-alkyl or cyclic N) is 1. The minimum absolute atomic E-state index is 0.0910. The average Bonchev–Trinajstić information content (AvgIpc) is 2.17. The van der Waals surface area contributed by atoms with Crippen molar-refractivity contribution in [3.8, 4) is 0 Å². The molecule has 15 heavy (non-hydrogen) atoms. The van der Waals surface area contributed by atoms with Crippen LogP contribution in [0.15, 0.2) is 0 Å². The lowest BCUT2D eigenvalue weighted by atomic mass is 10.1. The van der Waals surface area contributed by atoms with Crippen LogP contribution in [-0.2, 0) is 4.79 Å². The number of aliphatic hydroxyl groups is 1. The van der Waals surface area contributed by atoms with Gasteiger partial charge in [0.25, 0.3) is 0 Å². The Morgan fingerprint density at radius 1 is 1.20 bits per heavy atom. The maximum atomic E-state index is 11.7. The third-order valence-corrected chi connectivity index (χ3v) is 2.70. The van der Waals surface area contributed by atoms with Gasteiger partial charge in [0.05, 0.1) is 6.10 Å². The fourth-order valence-electron chi connectivity index (χ4n) is 1.89. The number of carbonyl (C=O) groups is 1. The highest BCUT2D eigenvalue weighted by molar-refractivity contribution is 5.78. The van der Waals surface area contributed by atoms with Crippen molar-refractivity contribution in [1.82, 2.24) is 9.80 Å². The molecular weight excluding hydrogens is 192 g/mol. The Kier molecular flexibility index (Phi) is 4.54. The number of amides is 1. The zero-order valence-corrected chi connectivity index (χ0v) is 9.94. The average molecular weight is 214 g/mol. The molecule has 1 unspecified atom stereocenters. The van der Waals surface area contributed by atoms with Gasteiger partial charge in [-0.15, -0.1) is 0 Å². The molecule has 1 rings (SSSR count). The van der Waals surface area contributed by atoms with E-state index in [0.717, 1.165) is 26.2 Å². The van der Waals surface area contributed by atoms with Crippen molar-refractivity contribution in [2.75, 3.05) is 32.7 Å². The summed E-state index contributed by atoms with van der Waals surface area (Å²) in [5, 5.41) is 9.25. The first-order chi connectivity index (χ1) is 7.00. The summed E-state index contributed by atoms with van der Waals surface area (Å²) in [6.07, 6.45) is -0.280. The van der Waals surface area contributed by atoms with Gasteiger partial charge in [-0.25, -0.2) is 0 Å².